The Morgan fingerprint density at radius 1 is 1.17 bits per heavy atom. The molecule has 30 heavy (non-hydrogen) atoms. The van der Waals surface area contributed by atoms with Gasteiger partial charge < -0.3 is 25.2 Å². The van der Waals surface area contributed by atoms with Gasteiger partial charge in [-0.25, -0.2) is 0 Å². The highest BCUT2D eigenvalue weighted by Gasteiger charge is 2.25. The molecule has 3 rings (SSSR count). The maximum absolute atomic E-state index is 10.3. The van der Waals surface area contributed by atoms with Gasteiger partial charge in [-0.3, -0.25) is 0 Å². The van der Waals surface area contributed by atoms with Crippen molar-refractivity contribution < 1.29 is 14.6 Å². The number of halogens is 1. The van der Waals surface area contributed by atoms with Crippen molar-refractivity contribution in [2.45, 2.75) is 50.5 Å². The lowest BCUT2D eigenvalue weighted by Crippen LogP contribution is -2.32. The van der Waals surface area contributed by atoms with Crippen LogP contribution in [0.3, 0.4) is 0 Å². The third-order valence-electron chi connectivity index (χ3n) is 5.42. The smallest absolute Gasteiger partial charge is 0.119 e. The second-order valence-corrected chi connectivity index (χ2v) is 8.49. The van der Waals surface area contributed by atoms with Crippen molar-refractivity contribution in [3.63, 3.8) is 0 Å². The molecule has 1 saturated heterocycles. The minimum absolute atomic E-state index is 0.179. The van der Waals surface area contributed by atoms with Gasteiger partial charge in [-0.15, -0.1) is 0 Å². The van der Waals surface area contributed by atoms with Gasteiger partial charge in [0, 0.05) is 24.2 Å². The molecule has 4 unspecified atom stereocenters. The molecule has 1 heterocycles. The molecule has 0 spiro atoms. The summed E-state index contributed by atoms with van der Waals surface area (Å²) in [6.45, 7) is 4.10. The normalized spacial score (nSPS) is 20.8. The van der Waals surface area contributed by atoms with E-state index in [1.54, 1.807) is 6.07 Å². The van der Waals surface area contributed by atoms with Crippen LogP contribution in [0.2, 0.25) is 5.02 Å². The van der Waals surface area contributed by atoms with E-state index in [0.29, 0.717) is 24.3 Å². The van der Waals surface area contributed by atoms with E-state index < -0.39 is 6.10 Å². The molecule has 1 aliphatic rings. The van der Waals surface area contributed by atoms with Crippen LogP contribution in [0.4, 0.5) is 0 Å². The van der Waals surface area contributed by atoms with Gasteiger partial charge in [-0.2, -0.15) is 0 Å². The molecular formula is C24H33ClN2O3. The Bertz CT molecular complexity index is 771. The maximum atomic E-state index is 10.3. The number of rotatable bonds is 11. The monoisotopic (exact) mass is 432 g/mol. The second-order valence-electron chi connectivity index (χ2n) is 8.05. The minimum Gasteiger partial charge on any atom is -0.491 e. The van der Waals surface area contributed by atoms with Crippen LogP contribution in [0.5, 0.6) is 5.75 Å². The molecule has 0 radical (unpaired) electrons. The van der Waals surface area contributed by atoms with E-state index in [4.69, 9.17) is 21.1 Å². The SMILES string of the molecule is CNCC1CCC(COc2ccc(CC(C)NCC(O)c3cccc(Cl)c3)cc2)O1. The van der Waals surface area contributed by atoms with Crippen LogP contribution in [0, 0.1) is 0 Å². The van der Waals surface area contributed by atoms with E-state index in [2.05, 4.69) is 29.7 Å². The van der Waals surface area contributed by atoms with E-state index in [9.17, 15) is 5.11 Å². The summed E-state index contributed by atoms with van der Waals surface area (Å²) in [5.41, 5.74) is 2.05. The first kappa shape index (κ1) is 23.0. The fourth-order valence-corrected chi connectivity index (χ4v) is 3.96. The topological polar surface area (TPSA) is 62.8 Å². The minimum atomic E-state index is -0.576. The zero-order valence-electron chi connectivity index (χ0n) is 17.8. The molecule has 2 aromatic rings. The first-order valence-corrected chi connectivity index (χ1v) is 11.1. The molecule has 1 aliphatic heterocycles. The molecule has 0 amide bonds. The average Bonchev–Trinajstić information content (AvgIpc) is 3.19. The van der Waals surface area contributed by atoms with Crippen LogP contribution in [-0.2, 0) is 11.2 Å². The average molecular weight is 433 g/mol. The number of aliphatic hydroxyl groups is 1. The molecule has 2 aromatic carbocycles. The Morgan fingerprint density at radius 3 is 2.67 bits per heavy atom. The van der Waals surface area contributed by atoms with Gasteiger partial charge in [-0.05, 0) is 68.6 Å². The molecule has 0 aromatic heterocycles. The third kappa shape index (κ3) is 7.25. The van der Waals surface area contributed by atoms with Crippen molar-refractivity contribution in [3.05, 3.63) is 64.7 Å². The first-order chi connectivity index (χ1) is 14.5. The molecular weight excluding hydrogens is 400 g/mol. The Kier molecular flexibility index (Phi) is 8.97. The van der Waals surface area contributed by atoms with Gasteiger partial charge in [0.05, 0.1) is 18.3 Å². The number of hydrogen-bond donors (Lipinski definition) is 3. The fourth-order valence-electron chi connectivity index (χ4n) is 3.76. The zero-order valence-corrected chi connectivity index (χ0v) is 18.6. The van der Waals surface area contributed by atoms with E-state index in [1.165, 1.54) is 5.56 Å². The Morgan fingerprint density at radius 2 is 1.93 bits per heavy atom. The van der Waals surface area contributed by atoms with Crippen LogP contribution in [-0.4, -0.2) is 50.1 Å². The number of benzene rings is 2. The van der Waals surface area contributed by atoms with Gasteiger partial charge in [0.15, 0.2) is 0 Å². The Labute approximate surface area is 184 Å². The van der Waals surface area contributed by atoms with Crippen molar-refractivity contribution in [2.75, 3.05) is 26.7 Å². The summed E-state index contributed by atoms with van der Waals surface area (Å²) in [6, 6.07) is 15.8. The molecule has 0 saturated carbocycles. The highest BCUT2D eigenvalue weighted by molar-refractivity contribution is 6.30. The quantitative estimate of drug-likeness (QED) is 0.505. The number of aliphatic hydroxyl groups excluding tert-OH is 1. The lowest BCUT2D eigenvalue weighted by atomic mass is 10.1. The number of likely N-dealkylation sites (N-methyl/N-ethyl adjacent to an activating group) is 1. The first-order valence-electron chi connectivity index (χ1n) is 10.7. The van der Waals surface area contributed by atoms with Gasteiger partial charge in [-0.1, -0.05) is 35.9 Å². The predicted molar refractivity (Wildman–Crippen MR) is 121 cm³/mol. The van der Waals surface area contributed by atoms with Gasteiger partial charge in [0.1, 0.15) is 12.4 Å². The molecule has 6 heteroatoms. The van der Waals surface area contributed by atoms with Crippen molar-refractivity contribution in [1.29, 1.82) is 0 Å². The largest absolute Gasteiger partial charge is 0.491 e. The molecule has 0 aliphatic carbocycles. The van der Waals surface area contributed by atoms with Crippen LogP contribution < -0.4 is 15.4 Å². The predicted octanol–water partition coefficient (Wildman–Crippen LogP) is 3.74. The molecule has 5 nitrogen and oxygen atoms in total. The number of hydrogen-bond acceptors (Lipinski definition) is 5. The number of nitrogens with one attached hydrogen (secondary N) is 2. The standard InChI is InChI=1S/C24H33ClN2O3/c1-17(27-15-24(28)19-4-3-5-20(25)13-19)12-18-6-8-21(9-7-18)29-16-23-11-10-22(30-23)14-26-2/h3-9,13,17,22-24,26-28H,10-12,14-16H2,1-2H3. The van der Waals surface area contributed by atoms with Crippen molar-refractivity contribution in [1.82, 2.24) is 10.6 Å². The summed E-state index contributed by atoms with van der Waals surface area (Å²) in [5, 5.41) is 17.5. The van der Waals surface area contributed by atoms with Crippen LogP contribution in [0.1, 0.15) is 37.0 Å². The van der Waals surface area contributed by atoms with Crippen molar-refractivity contribution in [2.24, 2.45) is 0 Å². The molecule has 1 fully saturated rings. The summed E-state index contributed by atoms with van der Waals surface area (Å²) < 4.78 is 11.9. The summed E-state index contributed by atoms with van der Waals surface area (Å²) >= 11 is 6.00. The van der Waals surface area contributed by atoms with Crippen LogP contribution >= 0.6 is 11.6 Å². The van der Waals surface area contributed by atoms with Crippen LogP contribution in [0.25, 0.3) is 0 Å². The summed E-state index contributed by atoms with van der Waals surface area (Å²) in [5.74, 6) is 0.872. The summed E-state index contributed by atoms with van der Waals surface area (Å²) in [6.07, 6.45) is 2.92. The third-order valence-corrected chi connectivity index (χ3v) is 5.66. The van der Waals surface area contributed by atoms with Crippen molar-refractivity contribution >= 4 is 11.6 Å². The van der Waals surface area contributed by atoms with Gasteiger partial charge in [0.25, 0.3) is 0 Å². The molecule has 4 atom stereocenters. The molecule has 3 N–H and O–H groups in total. The number of ether oxygens (including phenoxy) is 2. The highest BCUT2D eigenvalue weighted by atomic mass is 35.5. The fraction of sp³-hybridized carbons (Fsp3) is 0.500. The van der Waals surface area contributed by atoms with E-state index in [-0.39, 0.29) is 12.1 Å². The lowest BCUT2D eigenvalue weighted by Gasteiger charge is -2.18. The molecule has 164 valence electrons. The summed E-state index contributed by atoms with van der Waals surface area (Å²) in [4.78, 5) is 0. The summed E-state index contributed by atoms with van der Waals surface area (Å²) in [7, 11) is 1.95. The van der Waals surface area contributed by atoms with Crippen LogP contribution in [0.15, 0.2) is 48.5 Å². The second kappa shape index (κ2) is 11.7. The Hall–Kier alpha value is -1.63. The van der Waals surface area contributed by atoms with Crippen molar-refractivity contribution in [3.8, 4) is 5.75 Å². The molecule has 0 bridgehead atoms. The zero-order chi connectivity index (χ0) is 21.3. The maximum Gasteiger partial charge on any atom is 0.119 e. The lowest BCUT2D eigenvalue weighted by molar-refractivity contribution is 0.0193. The Balaban J connectivity index is 1.38. The van der Waals surface area contributed by atoms with Gasteiger partial charge >= 0.3 is 0 Å². The van der Waals surface area contributed by atoms with E-state index in [0.717, 1.165) is 37.1 Å². The highest BCUT2D eigenvalue weighted by Crippen LogP contribution is 2.21. The van der Waals surface area contributed by atoms with E-state index in [1.807, 2.05) is 37.4 Å². The van der Waals surface area contributed by atoms with Gasteiger partial charge in [0.2, 0.25) is 0 Å². The van der Waals surface area contributed by atoms with E-state index >= 15 is 0 Å².